The molecule has 3 aromatic rings. The van der Waals surface area contributed by atoms with E-state index in [1.807, 2.05) is 0 Å². The molecule has 2 aromatic carbocycles. The molecule has 1 heterocycles. The van der Waals surface area contributed by atoms with E-state index in [0.717, 1.165) is 18.2 Å². The van der Waals surface area contributed by atoms with Crippen LogP contribution in [0, 0.1) is 5.82 Å². The predicted molar refractivity (Wildman–Crippen MR) is 119 cm³/mol. The molecule has 34 heavy (non-hydrogen) atoms. The fraction of sp³-hybridized carbons (Fsp3) is 0.200. The van der Waals surface area contributed by atoms with Crippen molar-refractivity contribution in [2.24, 2.45) is 0 Å². The third-order valence-corrected chi connectivity index (χ3v) is 5.76. The monoisotopic (exact) mass is 491 g/mol. The van der Waals surface area contributed by atoms with E-state index in [9.17, 15) is 27.5 Å². The maximum absolute atomic E-state index is 14.2. The zero-order chi connectivity index (χ0) is 24.5. The molecule has 0 radical (unpaired) electrons. The van der Waals surface area contributed by atoms with E-state index in [1.54, 1.807) is 12.1 Å². The molecule has 0 spiro atoms. The molecule has 4 rings (SSSR count). The number of carbonyl (C=O) groups is 1. The molecule has 0 unspecified atom stereocenters. The number of allylic oxidation sites excluding steroid dienone is 2. The molecule has 0 atom stereocenters. The van der Waals surface area contributed by atoms with E-state index < -0.39 is 23.5 Å². The molecule has 1 aliphatic rings. The summed E-state index contributed by atoms with van der Waals surface area (Å²) < 4.78 is 60.4. The van der Waals surface area contributed by atoms with Crippen LogP contribution in [0.1, 0.15) is 52.1 Å². The first kappa shape index (κ1) is 23.8. The third-order valence-electron chi connectivity index (χ3n) is 5.53. The average Bonchev–Trinajstić information content (AvgIpc) is 3.27. The number of rotatable bonds is 6. The molecule has 1 aliphatic carbocycles. The van der Waals surface area contributed by atoms with E-state index >= 15 is 0 Å². The highest BCUT2D eigenvalue weighted by Crippen LogP contribution is 2.44. The van der Waals surface area contributed by atoms with Gasteiger partial charge in [-0.2, -0.15) is 13.2 Å². The Balaban J connectivity index is 1.78. The third kappa shape index (κ3) is 5.07. The fourth-order valence-electron chi connectivity index (χ4n) is 3.91. The molecule has 0 fully saturated rings. The van der Waals surface area contributed by atoms with Gasteiger partial charge in [0, 0.05) is 16.1 Å². The number of aromatic nitrogens is 1. The maximum atomic E-state index is 14.2. The van der Waals surface area contributed by atoms with E-state index in [0.29, 0.717) is 36.1 Å². The highest BCUT2D eigenvalue weighted by Gasteiger charge is 2.32. The van der Waals surface area contributed by atoms with Gasteiger partial charge in [0.2, 0.25) is 0 Å². The van der Waals surface area contributed by atoms with Crippen molar-refractivity contribution in [3.05, 3.63) is 93.5 Å². The summed E-state index contributed by atoms with van der Waals surface area (Å²) in [5, 5.41) is 9.48. The minimum Gasteiger partial charge on any atom is -0.488 e. The van der Waals surface area contributed by atoms with E-state index in [-0.39, 0.29) is 34.2 Å². The van der Waals surface area contributed by atoms with Crippen LogP contribution in [-0.4, -0.2) is 16.1 Å². The minimum atomic E-state index is -4.57. The van der Waals surface area contributed by atoms with Crippen LogP contribution in [0.3, 0.4) is 0 Å². The number of alkyl halides is 3. The van der Waals surface area contributed by atoms with Gasteiger partial charge in [0.05, 0.1) is 11.3 Å². The Bertz CT molecular complexity index is 1290. The Morgan fingerprint density at radius 2 is 1.82 bits per heavy atom. The number of aromatic carboxylic acids is 1. The number of hydrogen-bond acceptors (Lipinski definition) is 3. The summed E-state index contributed by atoms with van der Waals surface area (Å²) >= 11 is 5.77. The molecule has 1 aromatic heterocycles. The maximum Gasteiger partial charge on any atom is 0.416 e. The Morgan fingerprint density at radius 1 is 1.06 bits per heavy atom. The van der Waals surface area contributed by atoms with Crippen molar-refractivity contribution >= 4 is 28.7 Å². The van der Waals surface area contributed by atoms with Gasteiger partial charge in [-0.1, -0.05) is 23.7 Å². The molecule has 4 nitrogen and oxygen atoms in total. The standard InChI is InChI=1S/C25H18ClF4NO3/c26-16-9-7-14(20(27)12-16)13-34-23-10-8-15(25(28,29)30)11-19(23)17-3-1-4-18(17)21-5-2-6-22(31-21)24(32)33/h2,5-12H,1,3-4,13H2,(H,32,33). The fourth-order valence-corrected chi connectivity index (χ4v) is 4.07. The van der Waals surface area contributed by atoms with Crippen molar-refractivity contribution < 1.29 is 32.2 Å². The van der Waals surface area contributed by atoms with Crippen molar-refractivity contribution in [3.8, 4) is 5.75 Å². The average molecular weight is 492 g/mol. The largest absolute Gasteiger partial charge is 0.488 e. The quantitative estimate of drug-likeness (QED) is 0.368. The molecule has 0 amide bonds. The molecule has 9 heteroatoms. The summed E-state index contributed by atoms with van der Waals surface area (Å²) in [5.74, 6) is -1.63. The van der Waals surface area contributed by atoms with Crippen molar-refractivity contribution in [2.75, 3.05) is 0 Å². The van der Waals surface area contributed by atoms with Gasteiger partial charge < -0.3 is 9.84 Å². The van der Waals surface area contributed by atoms with Crippen molar-refractivity contribution in [3.63, 3.8) is 0 Å². The van der Waals surface area contributed by atoms with Crippen molar-refractivity contribution in [1.82, 2.24) is 4.98 Å². The summed E-state index contributed by atoms with van der Waals surface area (Å²) in [6.07, 6.45) is -2.93. The number of benzene rings is 2. The normalized spacial score (nSPS) is 13.9. The second-order valence-electron chi connectivity index (χ2n) is 7.76. The Morgan fingerprint density at radius 3 is 2.53 bits per heavy atom. The topological polar surface area (TPSA) is 59.4 Å². The first-order chi connectivity index (χ1) is 16.1. The number of ether oxygens (including phenoxy) is 1. The van der Waals surface area contributed by atoms with Gasteiger partial charge in [-0.3, -0.25) is 0 Å². The van der Waals surface area contributed by atoms with Crippen LogP contribution in [0.15, 0.2) is 54.6 Å². The van der Waals surface area contributed by atoms with Crippen molar-refractivity contribution in [1.29, 1.82) is 0 Å². The number of carboxylic acids is 1. The zero-order valence-electron chi connectivity index (χ0n) is 17.6. The highest BCUT2D eigenvalue weighted by atomic mass is 35.5. The minimum absolute atomic E-state index is 0.157. The number of nitrogens with zero attached hydrogens (tertiary/aromatic N) is 1. The van der Waals surface area contributed by atoms with Crippen LogP contribution in [0.4, 0.5) is 17.6 Å². The van der Waals surface area contributed by atoms with Gasteiger partial charge in [0.1, 0.15) is 23.9 Å². The van der Waals surface area contributed by atoms with Crippen LogP contribution in [0.5, 0.6) is 5.75 Å². The summed E-state index contributed by atoms with van der Waals surface area (Å²) in [4.78, 5) is 15.5. The van der Waals surface area contributed by atoms with Crippen LogP contribution < -0.4 is 4.74 Å². The highest BCUT2D eigenvalue weighted by molar-refractivity contribution is 6.30. The van der Waals surface area contributed by atoms with Crippen LogP contribution in [0.25, 0.3) is 11.1 Å². The van der Waals surface area contributed by atoms with Crippen LogP contribution in [-0.2, 0) is 12.8 Å². The Labute approximate surface area is 197 Å². The molecule has 176 valence electrons. The lowest BCUT2D eigenvalue weighted by atomic mass is 9.97. The number of hydrogen-bond donors (Lipinski definition) is 1. The van der Waals surface area contributed by atoms with Gasteiger partial charge in [0.15, 0.2) is 0 Å². The van der Waals surface area contributed by atoms with Crippen LogP contribution in [0.2, 0.25) is 5.02 Å². The van der Waals surface area contributed by atoms with E-state index in [2.05, 4.69) is 4.98 Å². The predicted octanol–water partition coefficient (Wildman–Crippen LogP) is 7.26. The lowest BCUT2D eigenvalue weighted by Gasteiger charge is -2.17. The van der Waals surface area contributed by atoms with Crippen molar-refractivity contribution in [2.45, 2.75) is 32.0 Å². The van der Waals surface area contributed by atoms with Gasteiger partial charge in [-0.15, -0.1) is 0 Å². The number of carboxylic acid groups (broad SMARTS) is 1. The molecule has 1 N–H and O–H groups in total. The zero-order valence-corrected chi connectivity index (χ0v) is 18.4. The molecule has 0 aliphatic heterocycles. The molecular formula is C25H18ClF4NO3. The molecular weight excluding hydrogens is 474 g/mol. The van der Waals surface area contributed by atoms with Gasteiger partial charge in [0.25, 0.3) is 0 Å². The molecule has 0 saturated carbocycles. The first-order valence-corrected chi connectivity index (χ1v) is 10.7. The van der Waals surface area contributed by atoms with E-state index in [4.69, 9.17) is 16.3 Å². The second-order valence-corrected chi connectivity index (χ2v) is 8.19. The van der Waals surface area contributed by atoms with Gasteiger partial charge >= 0.3 is 12.1 Å². The van der Waals surface area contributed by atoms with Gasteiger partial charge in [-0.05, 0) is 72.9 Å². The summed E-state index contributed by atoms with van der Waals surface area (Å²) in [7, 11) is 0. The van der Waals surface area contributed by atoms with Gasteiger partial charge in [-0.25, -0.2) is 14.2 Å². The lowest BCUT2D eigenvalue weighted by molar-refractivity contribution is -0.137. The Hall–Kier alpha value is -3.39. The van der Waals surface area contributed by atoms with E-state index in [1.165, 1.54) is 24.3 Å². The number of halogens is 5. The second kappa shape index (κ2) is 9.46. The SMILES string of the molecule is O=C(O)c1cccc(C2=C(c3cc(C(F)(F)F)ccc3OCc3ccc(Cl)cc3F)CCC2)n1. The molecule has 0 saturated heterocycles. The lowest BCUT2D eigenvalue weighted by Crippen LogP contribution is -2.07. The smallest absolute Gasteiger partial charge is 0.416 e. The van der Waals surface area contributed by atoms with Crippen LogP contribution >= 0.6 is 11.6 Å². The Kier molecular flexibility index (Phi) is 6.61. The summed E-state index contributed by atoms with van der Waals surface area (Å²) in [5.41, 5.74) is 1.05. The molecule has 0 bridgehead atoms. The first-order valence-electron chi connectivity index (χ1n) is 10.3. The summed E-state index contributed by atoms with van der Waals surface area (Å²) in [6.45, 7) is -0.212. The number of pyridine rings is 1. The summed E-state index contributed by atoms with van der Waals surface area (Å²) in [6, 6.07) is 11.7.